The van der Waals surface area contributed by atoms with Gasteiger partial charge in [0, 0.05) is 25.5 Å². The first kappa shape index (κ1) is 15.8. The fourth-order valence-electron chi connectivity index (χ4n) is 2.02. The smallest absolute Gasteiger partial charge is 0.289 e. The van der Waals surface area contributed by atoms with E-state index in [4.69, 9.17) is 5.26 Å². The molecule has 0 spiro atoms. The van der Waals surface area contributed by atoms with Crippen molar-refractivity contribution < 1.29 is 17.1 Å². The Kier molecular flexibility index (Phi) is 6.30. The number of aromatic amines is 3. The van der Waals surface area contributed by atoms with E-state index in [0.717, 1.165) is 16.8 Å². The van der Waals surface area contributed by atoms with Crippen LogP contribution in [0.2, 0.25) is 0 Å². The van der Waals surface area contributed by atoms with Gasteiger partial charge in [-0.2, -0.15) is 5.26 Å². The molecule has 7 nitrogen and oxygen atoms in total. The minimum atomic E-state index is -0.969. The van der Waals surface area contributed by atoms with Gasteiger partial charge in [0.15, 0.2) is 0 Å². The zero-order valence-electron chi connectivity index (χ0n) is 10.8. The molecule has 0 radical (unpaired) electrons. The van der Waals surface area contributed by atoms with Crippen LogP contribution in [0, 0.1) is 11.3 Å². The SMILES string of the molecule is CC#N.[Cu+].c1cc([BH-](c2cc[nH]n2)c2cc[nH]n2)n[nH]1. The van der Waals surface area contributed by atoms with Crippen molar-refractivity contribution in [2.45, 2.75) is 6.92 Å². The fraction of sp³-hybridized carbons (Fsp3) is 0.0909. The standard InChI is InChI=1S/C9H10BN6.C2H3N.Cu/c1-4-11-14-7(1)10(8-2-5-12-15-8)9-3-6-13-16-9;1-2-3;/h1-6,10H,(H,11,14)(H,12,15)(H,13,16);1H3;/q-1;;+1. The first-order valence-corrected chi connectivity index (χ1v) is 5.86. The molecule has 0 atom stereocenters. The zero-order valence-corrected chi connectivity index (χ0v) is 11.7. The van der Waals surface area contributed by atoms with Crippen molar-refractivity contribution in [3.05, 3.63) is 36.8 Å². The van der Waals surface area contributed by atoms with E-state index in [-0.39, 0.29) is 17.1 Å². The summed E-state index contributed by atoms with van der Waals surface area (Å²) in [7, 11) is 0. The second kappa shape index (κ2) is 7.99. The van der Waals surface area contributed by atoms with E-state index in [9.17, 15) is 0 Å². The minimum absolute atomic E-state index is 0. The van der Waals surface area contributed by atoms with Crippen molar-refractivity contribution in [3.63, 3.8) is 0 Å². The molecule has 0 saturated carbocycles. The summed E-state index contributed by atoms with van der Waals surface area (Å²) in [6.07, 6.45) is 5.44. The normalized spacial score (nSPS) is 9.25. The molecule has 0 fully saturated rings. The number of nitrogens with zero attached hydrogens (tertiary/aromatic N) is 4. The maximum absolute atomic E-state index is 7.32. The van der Waals surface area contributed by atoms with Gasteiger partial charge in [-0.15, -0.1) is 0 Å². The predicted molar refractivity (Wildman–Crippen MR) is 73.1 cm³/mol. The number of aromatic nitrogens is 6. The maximum atomic E-state index is 7.32. The topological polar surface area (TPSA) is 110 Å². The Bertz CT molecular complexity index is 531. The molecular weight excluding hydrogens is 305 g/mol. The summed E-state index contributed by atoms with van der Waals surface area (Å²) < 4.78 is 0. The van der Waals surface area contributed by atoms with Crippen molar-refractivity contribution in [2.24, 2.45) is 0 Å². The number of rotatable bonds is 3. The molecule has 3 heterocycles. The molecule has 0 aliphatic carbocycles. The molecular formula is C11H13BCuN7. The summed E-state index contributed by atoms with van der Waals surface area (Å²) in [6.45, 7) is 0.462. The van der Waals surface area contributed by atoms with Gasteiger partial charge in [0.05, 0.1) is 6.07 Å². The van der Waals surface area contributed by atoms with E-state index in [2.05, 4.69) is 30.6 Å². The van der Waals surface area contributed by atoms with Crippen LogP contribution in [0.15, 0.2) is 36.8 Å². The second-order valence-electron chi connectivity index (χ2n) is 3.95. The molecule has 3 rings (SSSR count). The number of hydrogen-bond acceptors (Lipinski definition) is 4. The number of hydrogen-bond donors (Lipinski definition) is 3. The molecule has 9 heteroatoms. The molecule has 0 amide bonds. The Morgan fingerprint density at radius 1 is 0.900 bits per heavy atom. The molecule has 20 heavy (non-hydrogen) atoms. The van der Waals surface area contributed by atoms with E-state index in [0.29, 0.717) is 0 Å². The Morgan fingerprint density at radius 3 is 1.40 bits per heavy atom. The Balaban J connectivity index is 0.000000462. The third-order valence-corrected chi connectivity index (χ3v) is 2.76. The molecule has 0 unspecified atom stereocenters. The fourth-order valence-corrected chi connectivity index (χ4v) is 2.02. The van der Waals surface area contributed by atoms with Crippen LogP contribution in [0.4, 0.5) is 0 Å². The predicted octanol–water partition coefficient (Wildman–Crippen LogP) is -1.37. The number of nitrogens with one attached hydrogen (secondary N) is 3. The van der Waals surface area contributed by atoms with E-state index in [1.165, 1.54) is 6.92 Å². The van der Waals surface area contributed by atoms with E-state index >= 15 is 0 Å². The van der Waals surface area contributed by atoms with E-state index in [1.807, 2.05) is 36.8 Å². The first-order chi connectivity index (χ1) is 9.36. The van der Waals surface area contributed by atoms with Crippen LogP contribution in [-0.2, 0) is 17.1 Å². The number of nitriles is 1. The summed E-state index contributed by atoms with van der Waals surface area (Å²) in [6, 6.07) is 7.64. The maximum Gasteiger partial charge on any atom is 1.00 e. The summed E-state index contributed by atoms with van der Waals surface area (Å²) >= 11 is 0. The molecule has 3 aromatic rings. The van der Waals surface area contributed by atoms with Crippen LogP contribution in [0.1, 0.15) is 6.92 Å². The van der Waals surface area contributed by atoms with Crippen LogP contribution >= 0.6 is 0 Å². The van der Waals surface area contributed by atoms with Crippen molar-refractivity contribution in [1.29, 1.82) is 5.26 Å². The number of H-pyrrole nitrogens is 3. The van der Waals surface area contributed by atoms with E-state index in [1.54, 1.807) is 6.07 Å². The molecule has 0 saturated heterocycles. The van der Waals surface area contributed by atoms with Crippen molar-refractivity contribution >= 4 is 23.5 Å². The van der Waals surface area contributed by atoms with Gasteiger partial charge in [-0.25, -0.2) is 15.3 Å². The minimum Gasteiger partial charge on any atom is -0.289 e. The van der Waals surface area contributed by atoms with Gasteiger partial charge in [-0.05, 0) is 0 Å². The average Bonchev–Trinajstić information content (AvgIpc) is 3.15. The van der Waals surface area contributed by atoms with Gasteiger partial charge >= 0.3 is 17.1 Å². The molecule has 0 aliphatic heterocycles. The summed E-state index contributed by atoms with van der Waals surface area (Å²) in [5.41, 5.74) is 2.96. The Hall–Kier alpha value is -2.30. The van der Waals surface area contributed by atoms with Gasteiger partial charge in [0.25, 0.3) is 0 Å². The summed E-state index contributed by atoms with van der Waals surface area (Å²) in [5, 5.41) is 28.5. The monoisotopic (exact) mass is 317 g/mol. The summed E-state index contributed by atoms with van der Waals surface area (Å²) in [5.74, 6) is 0. The molecule has 106 valence electrons. The van der Waals surface area contributed by atoms with Crippen LogP contribution in [-0.4, -0.2) is 37.3 Å². The second-order valence-corrected chi connectivity index (χ2v) is 3.95. The van der Waals surface area contributed by atoms with Crippen molar-refractivity contribution in [1.82, 2.24) is 30.6 Å². The van der Waals surface area contributed by atoms with Crippen molar-refractivity contribution in [2.75, 3.05) is 0 Å². The molecule has 3 N–H and O–H groups in total. The third kappa shape index (κ3) is 3.60. The Labute approximate surface area is 126 Å². The van der Waals surface area contributed by atoms with E-state index < -0.39 is 6.71 Å². The largest absolute Gasteiger partial charge is 1.00 e. The van der Waals surface area contributed by atoms with Crippen molar-refractivity contribution in [3.8, 4) is 6.07 Å². The molecule has 0 aromatic carbocycles. The van der Waals surface area contributed by atoms with Crippen LogP contribution in [0.3, 0.4) is 0 Å². The average molecular weight is 318 g/mol. The Morgan fingerprint density at radius 2 is 1.20 bits per heavy atom. The summed E-state index contributed by atoms with van der Waals surface area (Å²) in [4.78, 5) is 0. The zero-order chi connectivity index (χ0) is 13.5. The van der Waals surface area contributed by atoms with Crippen LogP contribution in [0.5, 0.6) is 0 Å². The van der Waals surface area contributed by atoms with Crippen LogP contribution < -0.4 is 16.8 Å². The van der Waals surface area contributed by atoms with Gasteiger partial charge < -0.3 is 0 Å². The van der Waals surface area contributed by atoms with Gasteiger partial charge in [0.2, 0.25) is 0 Å². The first-order valence-electron chi connectivity index (χ1n) is 5.86. The van der Waals surface area contributed by atoms with Gasteiger partial charge in [-0.3, -0.25) is 15.3 Å². The quantitative estimate of drug-likeness (QED) is 0.518. The molecule has 3 aromatic heterocycles. The molecule has 0 bridgehead atoms. The van der Waals surface area contributed by atoms with Gasteiger partial charge in [0.1, 0.15) is 6.71 Å². The molecule has 0 aliphatic rings. The van der Waals surface area contributed by atoms with Gasteiger partial charge in [-0.1, -0.05) is 35.0 Å². The van der Waals surface area contributed by atoms with Crippen LogP contribution in [0.25, 0.3) is 0 Å². The third-order valence-electron chi connectivity index (χ3n) is 2.76.